The molecule has 0 bridgehead atoms. The first-order valence-corrected chi connectivity index (χ1v) is 38.0. The Morgan fingerprint density at radius 1 is 0.170 bits per heavy atom. The van der Waals surface area contributed by atoms with Crippen molar-refractivity contribution >= 4 is 87.5 Å². The Bertz CT molecular complexity index is 6790. The van der Waals surface area contributed by atoms with Gasteiger partial charge in [-0.25, -0.2) is 9.97 Å². The van der Waals surface area contributed by atoms with Crippen LogP contribution in [0, 0.1) is 0 Å². The second-order valence-corrected chi connectivity index (χ2v) is 28.5. The van der Waals surface area contributed by atoms with Gasteiger partial charge in [-0.15, -0.1) is 0 Å². The standard InChI is InChI=1S/2C52H34N4/c1-4-15-35(16-5-1)39-33-45(36-17-6-2-7-18-36)54-46(34-39)38-19-12-22-41(31-38)56-47-25-11-10-23-43(47)51-42(24-13-26-49(51)56)37-28-29-48-44(32-37)52-50(27-14-30-53-52)55(48)40-20-8-3-9-21-40;1-4-15-35(16-5-1)45-33-39(34-46(54-45)36-17-6-2-7-18-36)37-19-12-22-41(31-37)56-47-25-11-10-23-43(47)51-42(24-13-26-49(51)56)38-28-29-48-44(32-38)52-50(27-14-30-53-52)55(48)40-20-8-3-9-21-40/h2*1-34H. The van der Waals surface area contributed by atoms with Gasteiger partial charge >= 0.3 is 0 Å². The zero-order chi connectivity index (χ0) is 74.0. The van der Waals surface area contributed by atoms with E-state index in [0.29, 0.717) is 0 Å². The summed E-state index contributed by atoms with van der Waals surface area (Å²) in [4.78, 5) is 20.2. The van der Waals surface area contributed by atoms with Crippen LogP contribution in [-0.2, 0) is 0 Å². The number of nitrogens with zero attached hydrogens (tertiary/aromatic N) is 8. The summed E-state index contributed by atoms with van der Waals surface area (Å²) in [5.74, 6) is 0. The Balaban J connectivity index is 0.000000141. The van der Waals surface area contributed by atoms with Crippen LogP contribution in [-0.4, -0.2) is 38.2 Å². The van der Waals surface area contributed by atoms with Crippen molar-refractivity contribution in [2.24, 2.45) is 0 Å². The summed E-state index contributed by atoms with van der Waals surface area (Å²) in [6.45, 7) is 0. The molecule has 22 rings (SSSR count). The molecule has 0 N–H and O–H groups in total. The van der Waals surface area contributed by atoms with E-state index in [-0.39, 0.29) is 0 Å². The Labute approximate surface area is 646 Å². The molecule has 0 radical (unpaired) electrons. The van der Waals surface area contributed by atoms with Crippen LogP contribution in [0.1, 0.15) is 0 Å². The van der Waals surface area contributed by atoms with Gasteiger partial charge in [0.2, 0.25) is 0 Å². The van der Waals surface area contributed by atoms with E-state index < -0.39 is 0 Å². The molecule has 0 saturated carbocycles. The van der Waals surface area contributed by atoms with Gasteiger partial charge in [-0.1, -0.05) is 255 Å². The molecule has 8 nitrogen and oxygen atoms in total. The zero-order valence-corrected chi connectivity index (χ0v) is 60.8. The molecule has 0 atom stereocenters. The highest BCUT2D eigenvalue weighted by atomic mass is 15.0. The summed E-state index contributed by atoms with van der Waals surface area (Å²) < 4.78 is 9.44. The Kier molecular flexibility index (Phi) is 16.1. The lowest BCUT2D eigenvalue weighted by atomic mass is 9.98. The molecule has 8 heteroatoms. The molecule has 0 unspecified atom stereocenters. The second kappa shape index (κ2) is 27.6. The number of hydrogen-bond donors (Lipinski definition) is 0. The fourth-order valence-electron chi connectivity index (χ4n) is 16.9. The molecule has 0 aliphatic heterocycles. The third-order valence-corrected chi connectivity index (χ3v) is 21.9. The molecule has 22 aromatic rings. The van der Waals surface area contributed by atoms with E-state index in [1.54, 1.807) is 0 Å². The van der Waals surface area contributed by atoms with Crippen LogP contribution in [0.5, 0.6) is 0 Å². The number of fused-ring (bicyclic) bond motifs is 12. The van der Waals surface area contributed by atoms with Crippen molar-refractivity contribution in [1.82, 2.24) is 38.2 Å². The largest absolute Gasteiger partial charge is 0.309 e. The quantitative estimate of drug-likeness (QED) is 0.122. The van der Waals surface area contributed by atoms with Gasteiger partial charge in [0.1, 0.15) is 0 Å². The normalized spacial score (nSPS) is 11.6. The molecular formula is C104H68N8. The fourth-order valence-corrected chi connectivity index (χ4v) is 16.9. The summed E-state index contributed by atoms with van der Waals surface area (Å²) in [5, 5.41) is 7.16. The molecule has 0 saturated heterocycles. The van der Waals surface area contributed by atoms with E-state index in [9.17, 15) is 0 Å². The maximum atomic E-state index is 5.25. The summed E-state index contributed by atoms with van der Waals surface area (Å²) in [5.41, 5.74) is 33.0. The average Bonchev–Trinajstić information content (AvgIpc) is 1.57. The molecule has 112 heavy (non-hydrogen) atoms. The minimum absolute atomic E-state index is 0.935. The van der Waals surface area contributed by atoms with Crippen molar-refractivity contribution in [3.63, 3.8) is 0 Å². The van der Waals surface area contributed by atoms with Gasteiger partial charge in [0, 0.05) is 89.7 Å². The average molecular weight is 1430 g/mol. The smallest absolute Gasteiger partial charge is 0.0963 e. The van der Waals surface area contributed by atoms with Gasteiger partial charge in [0.15, 0.2) is 0 Å². The number of para-hydroxylation sites is 4. The van der Waals surface area contributed by atoms with Crippen LogP contribution in [0.25, 0.3) is 200 Å². The number of rotatable bonds is 12. The van der Waals surface area contributed by atoms with Gasteiger partial charge in [-0.05, 0) is 190 Å². The lowest BCUT2D eigenvalue weighted by molar-refractivity contribution is 1.17. The first-order chi connectivity index (χ1) is 55.6. The highest BCUT2D eigenvalue weighted by Crippen LogP contribution is 2.45. The summed E-state index contributed by atoms with van der Waals surface area (Å²) in [7, 11) is 0. The van der Waals surface area contributed by atoms with E-state index >= 15 is 0 Å². The molecule has 14 aromatic carbocycles. The van der Waals surface area contributed by atoms with Crippen molar-refractivity contribution in [2.45, 2.75) is 0 Å². The van der Waals surface area contributed by atoms with Crippen molar-refractivity contribution in [1.29, 1.82) is 0 Å². The Morgan fingerprint density at radius 3 is 0.929 bits per heavy atom. The van der Waals surface area contributed by atoms with E-state index in [0.717, 1.165) is 162 Å². The van der Waals surface area contributed by atoms with E-state index in [1.807, 2.05) is 42.7 Å². The van der Waals surface area contributed by atoms with E-state index in [1.165, 1.54) is 38.2 Å². The number of hydrogen-bond acceptors (Lipinski definition) is 4. The Morgan fingerprint density at radius 2 is 0.482 bits per heavy atom. The summed E-state index contributed by atoms with van der Waals surface area (Å²) in [6.07, 6.45) is 3.78. The van der Waals surface area contributed by atoms with Gasteiger partial charge < -0.3 is 18.3 Å². The van der Waals surface area contributed by atoms with Crippen LogP contribution in [0.15, 0.2) is 413 Å². The maximum absolute atomic E-state index is 5.25. The predicted molar refractivity (Wildman–Crippen MR) is 465 cm³/mol. The van der Waals surface area contributed by atoms with E-state index in [4.69, 9.17) is 19.9 Å². The van der Waals surface area contributed by atoms with Gasteiger partial charge in [-0.2, -0.15) is 0 Å². The number of benzene rings is 14. The Hall–Kier alpha value is -15.1. The topological polar surface area (TPSA) is 71.3 Å². The van der Waals surface area contributed by atoms with Crippen LogP contribution in [0.2, 0.25) is 0 Å². The van der Waals surface area contributed by atoms with Crippen molar-refractivity contribution in [3.8, 4) is 112 Å². The van der Waals surface area contributed by atoms with Crippen LogP contribution in [0.3, 0.4) is 0 Å². The van der Waals surface area contributed by atoms with Gasteiger partial charge in [0.25, 0.3) is 0 Å². The highest BCUT2D eigenvalue weighted by Gasteiger charge is 2.23. The third kappa shape index (κ3) is 11.4. The van der Waals surface area contributed by atoms with Crippen LogP contribution < -0.4 is 0 Å². The molecule has 8 aromatic heterocycles. The minimum atomic E-state index is 0.935. The van der Waals surface area contributed by atoms with Gasteiger partial charge in [-0.3, -0.25) is 9.97 Å². The molecule has 0 aliphatic carbocycles. The van der Waals surface area contributed by atoms with Crippen molar-refractivity contribution in [2.75, 3.05) is 0 Å². The molecule has 524 valence electrons. The lowest BCUT2D eigenvalue weighted by Crippen LogP contribution is -1.96. The van der Waals surface area contributed by atoms with Crippen molar-refractivity contribution < 1.29 is 0 Å². The molecule has 0 fully saturated rings. The first kappa shape index (κ1) is 65.2. The van der Waals surface area contributed by atoms with Crippen LogP contribution in [0.4, 0.5) is 0 Å². The first-order valence-electron chi connectivity index (χ1n) is 38.0. The maximum Gasteiger partial charge on any atom is 0.0963 e. The zero-order valence-electron chi connectivity index (χ0n) is 60.8. The van der Waals surface area contributed by atoms with E-state index in [2.05, 4.69) is 388 Å². The van der Waals surface area contributed by atoms with Crippen LogP contribution >= 0.6 is 0 Å². The molecule has 0 amide bonds. The lowest BCUT2D eigenvalue weighted by Gasteiger charge is -2.13. The predicted octanol–water partition coefficient (Wildman–Crippen LogP) is 26.7. The van der Waals surface area contributed by atoms with Gasteiger partial charge in [0.05, 0.1) is 77.9 Å². The monoisotopic (exact) mass is 1430 g/mol. The second-order valence-electron chi connectivity index (χ2n) is 28.5. The fraction of sp³-hybridized carbons (Fsp3) is 0. The summed E-state index contributed by atoms with van der Waals surface area (Å²) in [6, 6.07) is 142. The van der Waals surface area contributed by atoms with Crippen molar-refractivity contribution in [3.05, 3.63) is 413 Å². The number of aromatic nitrogens is 8. The summed E-state index contributed by atoms with van der Waals surface area (Å²) >= 11 is 0. The molecule has 0 spiro atoms. The molecule has 8 heterocycles. The molecular weight excluding hydrogens is 1360 g/mol. The SMILES string of the molecule is c1ccc(-c2cc(-c3cccc(-n4c5ccccc5c5c(-c6ccc7c(c6)c6ncccc6n7-c6ccccc6)cccc54)c3)cc(-c3ccccc3)n2)cc1.c1ccc(-c2cc(-c3ccccc3)nc(-c3cccc(-n4c5ccccc5c5c(-c6ccc7c(c6)c6ncccc6n7-c6ccccc6)cccc54)c3)c2)cc1. The molecule has 0 aliphatic rings. The minimum Gasteiger partial charge on any atom is -0.309 e. The number of pyridine rings is 4. The highest BCUT2D eigenvalue weighted by molar-refractivity contribution is 6.19. The third-order valence-electron chi connectivity index (χ3n) is 21.9.